The number of pyridine rings is 3. The van der Waals surface area contributed by atoms with Crippen molar-refractivity contribution in [2.24, 2.45) is 0 Å². The highest BCUT2D eigenvalue weighted by atomic mass is 16.6. The normalized spacial score (nSPS) is 11.1. The van der Waals surface area contributed by atoms with Gasteiger partial charge in [0, 0.05) is 25.5 Å². The summed E-state index contributed by atoms with van der Waals surface area (Å²) in [6.45, 7) is 5.11. The summed E-state index contributed by atoms with van der Waals surface area (Å²) in [4.78, 5) is 47.1. The summed E-state index contributed by atoms with van der Waals surface area (Å²) >= 11 is 0. The quantitative estimate of drug-likeness (QED) is 0.408. The predicted molar refractivity (Wildman–Crippen MR) is 131 cm³/mol. The molecule has 188 valence electrons. The average molecular weight is 503 g/mol. The van der Waals surface area contributed by atoms with Gasteiger partial charge in [0.25, 0.3) is 11.3 Å². The van der Waals surface area contributed by atoms with Crippen molar-refractivity contribution < 1.29 is 24.0 Å². The standard InChI is InChI=1S/C24H21N7O6/c1-24(2,3)36-23(35)30(4)15-10-16(28-19-18(15)29-37-20(19)22(33)34)27-14-6-5-9-31(21(14)32)17-8-7-13(11-25)12-26-17/h5-10,12H,1-4H3,(H,27,28)(H,33,34). The molecule has 0 saturated heterocycles. The smallest absolute Gasteiger partial charge is 0.414 e. The van der Waals surface area contributed by atoms with Crippen molar-refractivity contribution in [2.75, 3.05) is 17.3 Å². The van der Waals surface area contributed by atoms with E-state index in [9.17, 15) is 19.5 Å². The maximum absolute atomic E-state index is 13.2. The number of anilines is 3. The first-order valence-electron chi connectivity index (χ1n) is 10.8. The van der Waals surface area contributed by atoms with Gasteiger partial charge in [-0.1, -0.05) is 5.16 Å². The van der Waals surface area contributed by atoms with Gasteiger partial charge in [-0.05, 0) is 45.0 Å². The lowest BCUT2D eigenvalue weighted by Gasteiger charge is -2.25. The second-order valence-corrected chi connectivity index (χ2v) is 8.82. The molecule has 0 radical (unpaired) electrons. The fraction of sp³-hybridized carbons (Fsp3) is 0.208. The third kappa shape index (κ3) is 5.08. The number of carboxylic acid groups (broad SMARTS) is 1. The number of rotatable bonds is 5. The van der Waals surface area contributed by atoms with E-state index in [0.717, 1.165) is 4.90 Å². The molecule has 4 aromatic rings. The molecule has 4 aromatic heterocycles. The summed E-state index contributed by atoms with van der Waals surface area (Å²) in [5.41, 5.74) is -0.830. The first-order chi connectivity index (χ1) is 17.5. The number of ether oxygens (including phenoxy) is 1. The van der Waals surface area contributed by atoms with E-state index in [1.165, 1.54) is 48.3 Å². The molecule has 13 heteroatoms. The molecule has 0 bridgehead atoms. The zero-order valence-electron chi connectivity index (χ0n) is 20.2. The third-order valence-corrected chi connectivity index (χ3v) is 4.97. The van der Waals surface area contributed by atoms with Crippen LogP contribution in [0, 0.1) is 11.3 Å². The first-order valence-corrected chi connectivity index (χ1v) is 10.8. The van der Waals surface area contributed by atoms with E-state index in [1.54, 1.807) is 26.8 Å². The number of hydrogen-bond acceptors (Lipinski definition) is 10. The Labute approximate surface area is 209 Å². The Morgan fingerprint density at radius 2 is 2.00 bits per heavy atom. The lowest BCUT2D eigenvalue weighted by Crippen LogP contribution is -2.34. The van der Waals surface area contributed by atoms with E-state index < -0.39 is 29.0 Å². The number of nitrogens with one attached hydrogen (secondary N) is 1. The van der Waals surface area contributed by atoms with Crippen molar-refractivity contribution in [1.82, 2.24) is 19.7 Å². The molecule has 4 heterocycles. The molecular weight excluding hydrogens is 482 g/mol. The van der Waals surface area contributed by atoms with Gasteiger partial charge in [0.2, 0.25) is 0 Å². The van der Waals surface area contributed by atoms with Crippen LogP contribution in [0.5, 0.6) is 0 Å². The minimum absolute atomic E-state index is 0.0172. The van der Waals surface area contributed by atoms with Gasteiger partial charge in [0.1, 0.15) is 34.5 Å². The fourth-order valence-electron chi connectivity index (χ4n) is 3.30. The third-order valence-electron chi connectivity index (χ3n) is 4.97. The number of aromatic nitrogens is 4. The molecule has 4 rings (SSSR count). The van der Waals surface area contributed by atoms with Crippen molar-refractivity contribution in [3.8, 4) is 11.9 Å². The Hall–Kier alpha value is -5.25. The Morgan fingerprint density at radius 3 is 2.62 bits per heavy atom. The van der Waals surface area contributed by atoms with Crippen LogP contribution in [0.3, 0.4) is 0 Å². The molecule has 0 fully saturated rings. The molecule has 0 aliphatic carbocycles. The van der Waals surface area contributed by atoms with Crippen LogP contribution in [0.2, 0.25) is 0 Å². The zero-order valence-corrected chi connectivity index (χ0v) is 20.2. The van der Waals surface area contributed by atoms with E-state index in [4.69, 9.17) is 14.5 Å². The number of aromatic carboxylic acids is 1. The number of carbonyl (C=O) groups is 2. The number of hydrogen-bond donors (Lipinski definition) is 2. The van der Waals surface area contributed by atoms with Gasteiger partial charge in [0.05, 0.1) is 11.3 Å². The molecule has 0 aliphatic heterocycles. The summed E-state index contributed by atoms with van der Waals surface area (Å²) in [6, 6.07) is 9.52. The highest BCUT2D eigenvalue weighted by Crippen LogP contribution is 2.31. The molecule has 13 nitrogen and oxygen atoms in total. The molecule has 0 saturated carbocycles. The van der Waals surface area contributed by atoms with Gasteiger partial charge in [-0.2, -0.15) is 5.26 Å². The van der Waals surface area contributed by atoms with Gasteiger partial charge in [-0.3, -0.25) is 14.3 Å². The van der Waals surface area contributed by atoms with Crippen LogP contribution in [0.4, 0.5) is 22.0 Å². The van der Waals surface area contributed by atoms with Crippen LogP contribution in [0.25, 0.3) is 16.9 Å². The summed E-state index contributed by atoms with van der Waals surface area (Å²) < 4.78 is 11.6. The number of carbonyl (C=O) groups excluding carboxylic acids is 1. The van der Waals surface area contributed by atoms with Crippen molar-refractivity contribution >= 4 is 40.3 Å². The summed E-state index contributed by atoms with van der Waals surface area (Å²) in [5, 5.41) is 25.1. The number of nitriles is 1. The van der Waals surface area contributed by atoms with Crippen molar-refractivity contribution in [3.05, 3.63) is 64.4 Å². The van der Waals surface area contributed by atoms with E-state index in [1.807, 2.05) is 6.07 Å². The predicted octanol–water partition coefficient (Wildman–Crippen LogP) is 3.45. The van der Waals surface area contributed by atoms with Crippen molar-refractivity contribution in [3.63, 3.8) is 0 Å². The highest BCUT2D eigenvalue weighted by Gasteiger charge is 2.27. The maximum Gasteiger partial charge on any atom is 0.414 e. The van der Waals surface area contributed by atoms with Gasteiger partial charge in [-0.15, -0.1) is 0 Å². The molecule has 0 unspecified atom stereocenters. The Kier molecular flexibility index (Phi) is 6.33. The van der Waals surface area contributed by atoms with Crippen LogP contribution in [0.1, 0.15) is 36.9 Å². The van der Waals surface area contributed by atoms with Gasteiger partial charge >= 0.3 is 12.1 Å². The largest absolute Gasteiger partial charge is 0.475 e. The lowest BCUT2D eigenvalue weighted by molar-refractivity contribution is 0.0588. The molecule has 0 aliphatic rings. The summed E-state index contributed by atoms with van der Waals surface area (Å²) in [5.74, 6) is -1.61. The fourth-order valence-corrected chi connectivity index (χ4v) is 3.30. The molecule has 1 amide bonds. The number of carboxylic acids is 1. The van der Waals surface area contributed by atoms with E-state index in [-0.39, 0.29) is 34.0 Å². The van der Waals surface area contributed by atoms with E-state index >= 15 is 0 Å². The lowest BCUT2D eigenvalue weighted by atomic mass is 10.2. The van der Waals surface area contributed by atoms with Crippen LogP contribution in [-0.4, -0.2) is 49.5 Å². The van der Waals surface area contributed by atoms with Crippen LogP contribution in [0.15, 0.2) is 52.0 Å². The Balaban J connectivity index is 1.79. The second-order valence-electron chi connectivity index (χ2n) is 8.82. The average Bonchev–Trinajstić information content (AvgIpc) is 3.28. The molecule has 2 N–H and O–H groups in total. The van der Waals surface area contributed by atoms with Gasteiger partial charge < -0.3 is 19.7 Å². The monoisotopic (exact) mass is 503 g/mol. The van der Waals surface area contributed by atoms with Crippen molar-refractivity contribution in [1.29, 1.82) is 5.26 Å². The number of nitrogens with zero attached hydrogens (tertiary/aromatic N) is 6. The second kappa shape index (κ2) is 9.42. The molecule has 0 spiro atoms. The molecule has 0 atom stereocenters. The van der Waals surface area contributed by atoms with Crippen molar-refractivity contribution in [2.45, 2.75) is 26.4 Å². The molecule has 37 heavy (non-hydrogen) atoms. The number of amides is 1. The van der Waals surface area contributed by atoms with Gasteiger partial charge in [-0.25, -0.2) is 19.6 Å². The summed E-state index contributed by atoms with van der Waals surface area (Å²) in [6.07, 6.45) is 2.12. The van der Waals surface area contributed by atoms with Crippen LogP contribution in [-0.2, 0) is 4.74 Å². The minimum atomic E-state index is -1.41. The van der Waals surface area contributed by atoms with E-state index in [2.05, 4.69) is 20.4 Å². The Morgan fingerprint density at radius 1 is 1.24 bits per heavy atom. The highest BCUT2D eigenvalue weighted by molar-refractivity contribution is 6.05. The number of fused-ring (bicyclic) bond motifs is 1. The zero-order chi connectivity index (χ0) is 26.9. The van der Waals surface area contributed by atoms with Crippen LogP contribution < -0.4 is 15.8 Å². The maximum atomic E-state index is 13.2. The molecule has 0 aromatic carbocycles. The molecular formula is C24H21N7O6. The first kappa shape index (κ1) is 24.9. The van der Waals surface area contributed by atoms with Crippen LogP contribution >= 0.6 is 0 Å². The van der Waals surface area contributed by atoms with E-state index in [0.29, 0.717) is 5.56 Å². The van der Waals surface area contributed by atoms with Gasteiger partial charge in [0.15, 0.2) is 5.52 Å². The summed E-state index contributed by atoms with van der Waals surface area (Å²) in [7, 11) is 1.42. The Bertz CT molecular complexity index is 1610. The topological polar surface area (TPSA) is 176 Å². The SMILES string of the molecule is CN(C(=O)OC(C)(C)C)c1cc(Nc2cccn(-c3ccc(C#N)cn3)c2=O)nc2c(C(=O)O)onc12. The minimum Gasteiger partial charge on any atom is -0.475 e.